The highest BCUT2D eigenvalue weighted by atomic mass is 35.5. The van der Waals surface area contributed by atoms with Crippen molar-refractivity contribution < 1.29 is 9.13 Å². The molecule has 1 aromatic carbocycles. The summed E-state index contributed by atoms with van der Waals surface area (Å²) in [6.07, 6.45) is 3.74. The highest BCUT2D eigenvalue weighted by Crippen LogP contribution is 2.36. The lowest BCUT2D eigenvalue weighted by molar-refractivity contribution is 0.249. The number of piperazine rings is 1. The lowest BCUT2D eigenvalue weighted by Gasteiger charge is -2.36. The normalized spacial score (nSPS) is 14.5. The van der Waals surface area contributed by atoms with E-state index in [0.29, 0.717) is 5.75 Å². The second-order valence-corrected chi connectivity index (χ2v) is 7.36. The molecule has 3 aromatic rings. The van der Waals surface area contributed by atoms with E-state index < -0.39 is 0 Å². The third-order valence-corrected chi connectivity index (χ3v) is 5.64. The molecule has 4 rings (SSSR count). The fourth-order valence-electron chi connectivity index (χ4n) is 3.81. The quantitative estimate of drug-likeness (QED) is 0.616. The Labute approximate surface area is 182 Å². The Hall–Kier alpha value is -2.64. The summed E-state index contributed by atoms with van der Waals surface area (Å²) in [5, 5.41) is 4.34. The molecule has 6 nitrogen and oxygen atoms in total. The Morgan fingerprint density at radius 3 is 2.53 bits per heavy atom. The molecule has 0 N–H and O–H groups in total. The number of nitrogens with zero attached hydrogens (tertiary/aromatic N) is 5. The SMILES string of the molecule is COc1ccc(F)cc1-c1cccnc1N1CCN(Cc2cnn(C)c2C)CC1.Cl. The van der Waals surface area contributed by atoms with E-state index >= 15 is 0 Å². The van der Waals surface area contributed by atoms with Crippen LogP contribution in [0.2, 0.25) is 0 Å². The summed E-state index contributed by atoms with van der Waals surface area (Å²) >= 11 is 0. The predicted molar refractivity (Wildman–Crippen MR) is 119 cm³/mol. The van der Waals surface area contributed by atoms with Crippen molar-refractivity contribution in [2.45, 2.75) is 13.5 Å². The van der Waals surface area contributed by atoms with Crippen LogP contribution in [0.4, 0.5) is 10.2 Å². The van der Waals surface area contributed by atoms with Crippen LogP contribution in [0.15, 0.2) is 42.7 Å². The molecule has 1 saturated heterocycles. The number of pyridine rings is 1. The van der Waals surface area contributed by atoms with Crippen LogP contribution in [0.25, 0.3) is 11.1 Å². The minimum absolute atomic E-state index is 0. The molecule has 1 aliphatic rings. The van der Waals surface area contributed by atoms with Crippen LogP contribution in [0.1, 0.15) is 11.3 Å². The number of hydrogen-bond acceptors (Lipinski definition) is 5. The van der Waals surface area contributed by atoms with Gasteiger partial charge in [-0.1, -0.05) is 0 Å². The first kappa shape index (κ1) is 22.1. The maximum atomic E-state index is 13.9. The van der Waals surface area contributed by atoms with E-state index in [0.717, 1.165) is 49.7 Å². The summed E-state index contributed by atoms with van der Waals surface area (Å²) in [6.45, 7) is 6.60. The number of halogens is 2. The van der Waals surface area contributed by atoms with Crippen molar-refractivity contribution in [3.63, 3.8) is 0 Å². The largest absolute Gasteiger partial charge is 0.496 e. The first-order chi connectivity index (χ1) is 14.1. The molecule has 2 aromatic heterocycles. The maximum Gasteiger partial charge on any atom is 0.136 e. The Kier molecular flexibility index (Phi) is 6.95. The lowest BCUT2D eigenvalue weighted by Crippen LogP contribution is -2.46. The van der Waals surface area contributed by atoms with Gasteiger partial charge in [0.2, 0.25) is 0 Å². The standard InChI is InChI=1S/C22H26FN5O.ClH/c1-16-17(14-25-26(16)2)15-27-9-11-28(12-10-27)22-19(5-4-8-24-22)20-13-18(23)6-7-21(20)29-3;/h4-8,13-14H,9-12,15H2,1-3H3;1H. The Morgan fingerprint density at radius 2 is 1.87 bits per heavy atom. The molecule has 0 amide bonds. The number of benzene rings is 1. The van der Waals surface area contributed by atoms with Gasteiger partial charge in [-0.25, -0.2) is 9.37 Å². The van der Waals surface area contributed by atoms with Crippen LogP contribution >= 0.6 is 12.4 Å². The summed E-state index contributed by atoms with van der Waals surface area (Å²) in [7, 11) is 3.58. The Bertz CT molecular complexity index is 1000. The van der Waals surface area contributed by atoms with E-state index in [9.17, 15) is 4.39 Å². The van der Waals surface area contributed by atoms with Gasteiger partial charge in [0.25, 0.3) is 0 Å². The Balaban J connectivity index is 0.00000256. The van der Waals surface area contributed by atoms with Crippen LogP contribution in [0, 0.1) is 12.7 Å². The minimum atomic E-state index is -0.285. The van der Waals surface area contributed by atoms with Gasteiger partial charge in [-0.15, -0.1) is 12.4 Å². The van der Waals surface area contributed by atoms with Crippen LogP contribution < -0.4 is 9.64 Å². The lowest BCUT2D eigenvalue weighted by atomic mass is 10.0. The fourth-order valence-corrected chi connectivity index (χ4v) is 3.81. The van der Waals surface area contributed by atoms with Crippen LogP contribution in [-0.4, -0.2) is 53.0 Å². The molecular weight excluding hydrogens is 405 g/mol. The number of rotatable bonds is 5. The monoisotopic (exact) mass is 431 g/mol. The highest BCUT2D eigenvalue weighted by Gasteiger charge is 2.22. The van der Waals surface area contributed by atoms with E-state index in [2.05, 4.69) is 26.8 Å². The summed E-state index contributed by atoms with van der Waals surface area (Å²) in [5.41, 5.74) is 4.09. The zero-order valence-corrected chi connectivity index (χ0v) is 18.3. The van der Waals surface area contributed by atoms with E-state index in [1.165, 1.54) is 23.4 Å². The molecule has 1 fully saturated rings. The molecule has 0 saturated carbocycles. The van der Waals surface area contributed by atoms with Gasteiger partial charge in [-0.3, -0.25) is 9.58 Å². The van der Waals surface area contributed by atoms with Gasteiger partial charge in [0.15, 0.2) is 0 Å². The minimum Gasteiger partial charge on any atom is -0.496 e. The molecule has 8 heteroatoms. The molecule has 0 radical (unpaired) electrons. The molecule has 0 atom stereocenters. The number of ether oxygens (including phenoxy) is 1. The van der Waals surface area contributed by atoms with Gasteiger partial charge in [0, 0.05) is 68.4 Å². The van der Waals surface area contributed by atoms with E-state index in [1.807, 2.05) is 30.1 Å². The van der Waals surface area contributed by atoms with Crippen molar-refractivity contribution >= 4 is 18.2 Å². The topological polar surface area (TPSA) is 46.4 Å². The van der Waals surface area contributed by atoms with Gasteiger partial charge in [0.05, 0.1) is 13.3 Å². The summed E-state index contributed by atoms with van der Waals surface area (Å²) in [6, 6.07) is 8.45. The zero-order chi connectivity index (χ0) is 20.4. The summed E-state index contributed by atoms with van der Waals surface area (Å²) in [4.78, 5) is 9.33. The number of hydrogen-bond donors (Lipinski definition) is 0. The third kappa shape index (κ3) is 4.42. The van der Waals surface area contributed by atoms with Crippen molar-refractivity contribution in [2.24, 2.45) is 7.05 Å². The number of aryl methyl sites for hydroxylation is 1. The fraction of sp³-hybridized carbons (Fsp3) is 0.364. The van der Waals surface area contributed by atoms with Crippen molar-refractivity contribution in [2.75, 3.05) is 38.2 Å². The predicted octanol–water partition coefficient (Wildman–Crippen LogP) is 3.68. The van der Waals surface area contributed by atoms with Gasteiger partial charge >= 0.3 is 0 Å². The second kappa shape index (κ2) is 9.45. The molecule has 160 valence electrons. The average Bonchev–Trinajstić information content (AvgIpc) is 3.06. The molecule has 1 aliphatic heterocycles. The van der Waals surface area contributed by atoms with Crippen LogP contribution in [0.3, 0.4) is 0 Å². The van der Waals surface area contributed by atoms with E-state index in [4.69, 9.17) is 4.74 Å². The summed E-state index contributed by atoms with van der Waals surface area (Å²) in [5.74, 6) is 1.23. The molecule has 0 bridgehead atoms. The number of aromatic nitrogens is 3. The molecule has 3 heterocycles. The van der Waals surface area contributed by atoms with Crippen LogP contribution in [-0.2, 0) is 13.6 Å². The zero-order valence-electron chi connectivity index (χ0n) is 17.5. The first-order valence-electron chi connectivity index (χ1n) is 9.80. The number of methoxy groups -OCH3 is 1. The van der Waals surface area contributed by atoms with Gasteiger partial charge < -0.3 is 9.64 Å². The van der Waals surface area contributed by atoms with Gasteiger partial charge in [-0.05, 0) is 37.3 Å². The van der Waals surface area contributed by atoms with Crippen molar-refractivity contribution in [3.05, 3.63) is 59.8 Å². The van der Waals surface area contributed by atoms with E-state index in [1.54, 1.807) is 19.4 Å². The van der Waals surface area contributed by atoms with E-state index in [-0.39, 0.29) is 18.2 Å². The summed E-state index contributed by atoms with van der Waals surface area (Å²) < 4.78 is 21.3. The maximum absolute atomic E-state index is 13.9. The van der Waals surface area contributed by atoms with Crippen molar-refractivity contribution in [1.29, 1.82) is 0 Å². The molecule has 0 unspecified atom stereocenters. The van der Waals surface area contributed by atoms with Gasteiger partial charge in [-0.2, -0.15) is 5.10 Å². The molecule has 0 spiro atoms. The van der Waals surface area contributed by atoms with Gasteiger partial charge in [0.1, 0.15) is 17.4 Å². The highest BCUT2D eigenvalue weighted by molar-refractivity contribution is 5.85. The third-order valence-electron chi connectivity index (χ3n) is 5.64. The second-order valence-electron chi connectivity index (χ2n) is 7.36. The molecule has 30 heavy (non-hydrogen) atoms. The van der Waals surface area contributed by atoms with Crippen LogP contribution in [0.5, 0.6) is 5.75 Å². The van der Waals surface area contributed by atoms with Crippen molar-refractivity contribution in [3.8, 4) is 16.9 Å². The molecule has 0 aliphatic carbocycles. The smallest absolute Gasteiger partial charge is 0.136 e. The first-order valence-corrected chi connectivity index (χ1v) is 9.80. The Morgan fingerprint density at radius 1 is 1.10 bits per heavy atom. The molecular formula is C22H27ClFN5O. The van der Waals surface area contributed by atoms with Crippen molar-refractivity contribution in [1.82, 2.24) is 19.7 Å². The average molecular weight is 432 g/mol. The number of anilines is 1.